The van der Waals surface area contributed by atoms with Crippen molar-refractivity contribution in [2.45, 2.75) is 50.3 Å². The number of aliphatic hydroxyl groups is 1. The monoisotopic (exact) mass is 408 g/mol. The van der Waals surface area contributed by atoms with Gasteiger partial charge in [0.15, 0.2) is 6.29 Å². The summed E-state index contributed by atoms with van der Waals surface area (Å²) in [6, 6.07) is 18.0. The second-order valence-corrected chi connectivity index (χ2v) is 7.96. The van der Waals surface area contributed by atoms with Crippen molar-refractivity contribution >= 4 is 6.47 Å². The van der Waals surface area contributed by atoms with Crippen molar-refractivity contribution in [3.63, 3.8) is 0 Å². The summed E-state index contributed by atoms with van der Waals surface area (Å²) in [5.74, 6) is -0.335. The topological polar surface area (TPSA) is 65.0 Å². The SMILES string of the molecule is C=C1[C@H](O)C[C@H](OC2CCCCO2)[C@@H]1C(OC=O)c1ccc(-c2ccccc2)cc1. The fraction of sp³-hybridized carbons (Fsp3) is 0.400. The molecule has 1 saturated heterocycles. The van der Waals surface area contributed by atoms with Crippen molar-refractivity contribution in [1.29, 1.82) is 0 Å². The van der Waals surface area contributed by atoms with E-state index in [0.717, 1.165) is 36.0 Å². The summed E-state index contributed by atoms with van der Waals surface area (Å²) in [6.45, 7) is 5.23. The van der Waals surface area contributed by atoms with Gasteiger partial charge in [0.25, 0.3) is 6.47 Å². The van der Waals surface area contributed by atoms with E-state index in [2.05, 4.69) is 18.7 Å². The van der Waals surface area contributed by atoms with Gasteiger partial charge in [-0.15, -0.1) is 0 Å². The van der Waals surface area contributed by atoms with Crippen molar-refractivity contribution in [3.05, 3.63) is 72.3 Å². The Morgan fingerprint density at radius 2 is 1.80 bits per heavy atom. The summed E-state index contributed by atoms with van der Waals surface area (Å²) in [5, 5.41) is 10.5. The fourth-order valence-electron chi connectivity index (χ4n) is 4.45. The van der Waals surface area contributed by atoms with Gasteiger partial charge in [-0.3, -0.25) is 4.79 Å². The van der Waals surface area contributed by atoms with Gasteiger partial charge in [-0.2, -0.15) is 0 Å². The van der Waals surface area contributed by atoms with Gasteiger partial charge >= 0.3 is 0 Å². The molecule has 0 bridgehead atoms. The van der Waals surface area contributed by atoms with E-state index in [1.807, 2.05) is 42.5 Å². The molecule has 30 heavy (non-hydrogen) atoms. The van der Waals surface area contributed by atoms with Crippen molar-refractivity contribution in [3.8, 4) is 11.1 Å². The Balaban J connectivity index is 1.58. The predicted molar refractivity (Wildman–Crippen MR) is 113 cm³/mol. The van der Waals surface area contributed by atoms with Gasteiger partial charge in [-0.25, -0.2) is 0 Å². The van der Waals surface area contributed by atoms with Crippen LogP contribution in [0.2, 0.25) is 0 Å². The first-order valence-electron chi connectivity index (χ1n) is 10.6. The average Bonchev–Trinajstić information content (AvgIpc) is 3.06. The van der Waals surface area contributed by atoms with Crippen LogP contribution in [0, 0.1) is 5.92 Å². The van der Waals surface area contributed by atoms with Crippen LogP contribution in [0.25, 0.3) is 11.1 Å². The molecule has 158 valence electrons. The van der Waals surface area contributed by atoms with Crippen LogP contribution in [-0.2, 0) is 19.0 Å². The Bertz CT molecular complexity index is 842. The highest BCUT2D eigenvalue weighted by Gasteiger charge is 2.45. The number of rotatable bonds is 7. The van der Waals surface area contributed by atoms with Gasteiger partial charge in [0, 0.05) is 18.9 Å². The van der Waals surface area contributed by atoms with E-state index in [1.165, 1.54) is 0 Å². The maximum absolute atomic E-state index is 11.3. The number of carbonyl (C=O) groups is 1. The number of hydrogen-bond acceptors (Lipinski definition) is 5. The van der Waals surface area contributed by atoms with E-state index in [0.29, 0.717) is 25.1 Å². The lowest BCUT2D eigenvalue weighted by Gasteiger charge is -2.32. The largest absolute Gasteiger partial charge is 0.459 e. The molecule has 1 N–H and O–H groups in total. The van der Waals surface area contributed by atoms with Gasteiger partial charge < -0.3 is 19.3 Å². The third-order valence-corrected chi connectivity index (χ3v) is 6.05. The molecule has 0 radical (unpaired) electrons. The number of aliphatic hydroxyl groups excluding tert-OH is 1. The van der Waals surface area contributed by atoms with Crippen LogP contribution in [0.15, 0.2) is 66.7 Å². The van der Waals surface area contributed by atoms with Crippen LogP contribution in [0.5, 0.6) is 0 Å². The second-order valence-electron chi connectivity index (χ2n) is 7.96. The standard InChI is InChI=1S/C25H28O5/c1-17-21(27)15-22(30-23-9-5-6-14-28-23)24(17)25(29-16-26)20-12-10-19(11-13-20)18-7-3-2-4-8-18/h2-4,7-8,10-13,16,21-25,27H,1,5-6,9,14-15H2/t21-,22+,23?,24-,25?/m1/s1. The molecule has 4 rings (SSSR count). The van der Waals surface area contributed by atoms with Crippen molar-refractivity contribution in [2.75, 3.05) is 6.61 Å². The molecule has 2 aromatic rings. The lowest BCUT2D eigenvalue weighted by atomic mass is 9.89. The number of benzene rings is 2. The summed E-state index contributed by atoms with van der Waals surface area (Å²) in [6.07, 6.45) is 1.46. The molecule has 0 amide bonds. The molecule has 1 aliphatic heterocycles. The summed E-state index contributed by atoms with van der Waals surface area (Å²) in [5.41, 5.74) is 3.68. The highest BCUT2D eigenvalue weighted by atomic mass is 16.7. The maximum Gasteiger partial charge on any atom is 0.293 e. The highest BCUT2D eigenvalue weighted by Crippen LogP contribution is 2.44. The molecule has 1 heterocycles. The second kappa shape index (κ2) is 9.56. The summed E-state index contributed by atoms with van der Waals surface area (Å²) < 4.78 is 17.5. The minimum atomic E-state index is -0.690. The first-order valence-corrected chi connectivity index (χ1v) is 10.6. The van der Waals surface area contributed by atoms with Gasteiger partial charge in [0.05, 0.1) is 12.2 Å². The first-order chi connectivity index (χ1) is 14.7. The molecule has 5 atom stereocenters. The Hall–Kier alpha value is -2.47. The van der Waals surface area contributed by atoms with Gasteiger partial charge in [0.1, 0.15) is 6.10 Å². The molecular weight excluding hydrogens is 380 g/mol. The molecular formula is C25H28O5. The highest BCUT2D eigenvalue weighted by molar-refractivity contribution is 5.63. The minimum Gasteiger partial charge on any atom is -0.459 e. The van der Waals surface area contributed by atoms with Gasteiger partial charge in [-0.1, -0.05) is 61.2 Å². The Kier molecular flexibility index (Phi) is 6.62. The molecule has 5 nitrogen and oxygen atoms in total. The summed E-state index contributed by atoms with van der Waals surface area (Å²) in [4.78, 5) is 11.3. The van der Waals surface area contributed by atoms with E-state index < -0.39 is 12.2 Å². The average molecular weight is 408 g/mol. The zero-order valence-corrected chi connectivity index (χ0v) is 17.0. The van der Waals surface area contributed by atoms with Crippen molar-refractivity contribution < 1.29 is 24.1 Å². The van der Waals surface area contributed by atoms with E-state index in [4.69, 9.17) is 14.2 Å². The van der Waals surface area contributed by atoms with Gasteiger partial charge in [0.2, 0.25) is 0 Å². The summed E-state index contributed by atoms with van der Waals surface area (Å²) >= 11 is 0. The molecule has 2 aromatic carbocycles. The molecule has 0 spiro atoms. The first kappa shape index (κ1) is 20.8. The molecule has 2 unspecified atom stereocenters. The number of hydrogen-bond donors (Lipinski definition) is 1. The van der Waals surface area contributed by atoms with Crippen LogP contribution in [-0.4, -0.2) is 36.7 Å². The van der Waals surface area contributed by atoms with E-state index in [-0.39, 0.29) is 18.3 Å². The Morgan fingerprint density at radius 3 is 2.47 bits per heavy atom. The van der Waals surface area contributed by atoms with Crippen molar-refractivity contribution in [1.82, 2.24) is 0 Å². The molecule has 1 saturated carbocycles. The lowest BCUT2D eigenvalue weighted by Crippen LogP contribution is -2.33. The van der Waals surface area contributed by atoms with Crippen LogP contribution in [0.3, 0.4) is 0 Å². The fourth-order valence-corrected chi connectivity index (χ4v) is 4.45. The summed E-state index contributed by atoms with van der Waals surface area (Å²) in [7, 11) is 0. The maximum atomic E-state index is 11.3. The van der Waals surface area contributed by atoms with Gasteiger partial charge in [-0.05, 0) is 41.5 Å². The smallest absolute Gasteiger partial charge is 0.293 e. The zero-order valence-electron chi connectivity index (χ0n) is 17.0. The number of carbonyl (C=O) groups excluding carboxylic acids is 1. The Morgan fingerprint density at radius 1 is 1.07 bits per heavy atom. The van der Waals surface area contributed by atoms with E-state index >= 15 is 0 Å². The quantitative estimate of drug-likeness (QED) is 0.543. The molecule has 2 fully saturated rings. The predicted octanol–water partition coefficient (Wildman–Crippen LogP) is 4.42. The van der Waals surface area contributed by atoms with Crippen LogP contribution in [0.4, 0.5) is 0 Å². The van der Waals surface area contributed by atoms with Crippen LogP contribution < -0.4 is 0 Å². The molecule has 1 aliphatic carbocycles. The molecule has 5 heteroatoms. The van der Waals surface area contributed by atoms with E-state index in [1.54, 1.807) is 0 Å². The third-order valence-electron chi connectivity index (χ3n) is 6.05. The molecule has 0 aromatic heterocycles. The Labute approximate surface area is 177 Å². The van der Waals surface area contributed by atoms with E-state index in [9.17, 15) is 9.90 Å². The third kappa shape index (κ3) is 4.48. The number of ether oxygens (including phenoxy) is 3. The van der Waals surface area contributed by atoms with Crippen LogP contribution >= 0.6 is 0 Å². The van der Waals surface area contributed by atoms with Crippen molar-refractivity contribution in [2.24, 2.45) is 5.92 Å². The normalized spacial score (nSPS) is 27.6. The lowest BCUT2D eigenvalue weighted by molar-refractivity contribution is -0.200. The van der Waals surface area contributed by atoms with Crippen LogP contribution in [0.1, 0.15) is 37.4 Å². The minimum absolute atomic E-state index is 0.290. The zero-order chi connectivity index (χ0) is 20.9. The molecule has 2 aliphatic rings.